The van der Waals surface area contributed by atoms with Gasteiger partial charge in [-0.3, -0.25) is 4.79 Å². The Bertz CT molecular complexity index is 465. The molecule has 0 aliphatic carbocycles. The summed E-state index contributed by atoms with van der Waals surface area (Å²) in [4.78, 5) is 22.5. The lowest BCUT2D eigenvalue weighted by Gasteiger charge is -2.14. The lowest BCUT2D eigenvalue weighted by molar-refractivity contribution is -0.119. The zero-order valence-electron chi connectivity index (χ0n) is 10.00. The normalized spacial score (nSPS) is 11.8. The predicted molar refractivity (Wildman–Crippen MR) is 72.7 cm³/mol. The zero-order valence-corrected chi connectivity index (χ0v) is 12.3. The Hall–Kier alpha value is -1.07. The van der Waals surface area contributed by atoms with Crippen molar-refractivity contribution in [3.63, 3.8) is 0 Å². The molecule has 0 saturated carbocycles. The van der Waals surface area contributed by atoms with Gasteiger partial charge in [-0.15, -0.1) is 0 Å². The van der Waals surface area contributed by atoms with Gasteiger partial charge in [-0.1, -0.05) is 27.5 Å². The molecular formula is C12H13BrClNO3. The number of rotatable bonds is 4. The molecule has 1 aromatic rings. The molecule has 6 heteroatoms. The van der Waals surface area contributed by atoms with Gasteiger partial charge in [0.05, 0.1) is 17.1 Å². The van der Waals surface area contributed by atoms with Crippen molar-refractivity contribution in [3.05, 3.63) is 33.3 Å². The minimum Gasteiger partial charge on any atom is -0.457 e. The lowest BCUT2D eigenvalue weighted by atomic mass is 10.2. The molecule has 0 saturated heterocycles. The van der Waals surface area contributed by atoms with Crippen LogP contribution in [0, 0.1) is 0 Å². The summed E-state index contributed by atoms with van der Waals surface area (Å²) in [5.41, 5.74) is 0.301. The first-order valence-corrected chi connectivity index (χ1v) is 6.47. The van der Waals surface area contributed by atoms with E-state index in [1.54, 1.807) is 25.1 Å². The van der Waals surface area contributed by atoms with E-state index in [0.29, 0.717) is 10.6 Å². The summed E-state index contributed by atoms with van der Waals surface area (Å²) >= 11 is 9.19. The number of carbonyl (C=O) groups excluding carboxylic acids is 2. The van der Waals surface area contributed by atoms with E-state index < -0.39 is 12.1 Å². The summed E-state index contributed by atoms with van der Waals surface area (Å²) in [6.07, 6.45) is -0.416. The second-order valence-corrected chi connectivity index (χ2v) is 5.10. The number of nitrogens with one attached hydrogen (secondary N) is 1. The number of esters is 1. The number of amides is 1. The monoisotopic (exact) mass is 333 g/mol. The molecule has 0 heterocycles. The number of ether oxygens (including phenoxy) is 1. The van der Waals surface area contributed by atoms with Crippen LogP contribution in [0.4, 0.5) is 0 Å². The lowest BCUT2D eigenvalue weighted by Crippen LogP contribution is -2.31. The van der Waals surface area contributed by atoms with Crippen LogP contribution >= 0.6 is 27.5 Å². The van der Waals surface area contributed by atoms with Gasteiger partial charge in [0.1, 0.15) is 6.10 Å². The van der Waals surface area contributed by atoms with Gasteiger partial charge in [0.25, 0.3) is 0 Å². The fourth-order valence-electron chi connectivity index (χ4n) is 1.23. The summed E-state index contributed by atoms with van der Waals surface area (Å²) in [5, 5.41) is 2.89. The van der Waals surface area contributed by atoms with Crippen LogP contribution in [0.3, 0.4) is 0 Å². The van der Waals surface area contributed by atoms with Crippen molar-refractivity contribution in [1.82, 2.24) is 5.32 Å². The molecule has 0 bridgehead atoms. The third-order valence-corrected chi connectivity index (χ3v) is 2.90. The van der Waals surface area contributed by atoms with Gasteiger partial charge in [0.2, 0.25) is 5.91 Å². The maximum Gasteiger partial charge on any atom is 0.339 e. The third kappa shape index (κ3) is 4.66. The van der Waals surface area contributed by atoms with Crippen molar-refractivity contribution >= 4 is 39.4 Å². The van der Waals surface area contributed by atoms with Crippen LogP contribution in [-0.4, -0.2) is 24.5 Å². The highest BCUT2D eigenvalue weighted by atomic mass is 79.9. The fourth-order valence-corrected chi connectivity index (χ4v) is 1.98. The van der Waals surface area contributed by atoms with Crippen molar-refractivity contribution in [2.75, 3.05) is 6.54 Å². The van der Waals surface area contributed by atoms with Gasteiger partial charge in [0, 0.05) is 11.4 Å². The maximum atomic E-state index is 11.8. The van der Waals surface area contributed by atoms with E-state index in [0.717, 1.165) is 4.47 Å². The maximum absolute atomic E-state index is 11.8. The first-order valence-electron chi connectivity index (χ1n) is 5.30. The molecule has 0 radical (unpaired) electrons. The molecule has 0 aliphatic rings. The fraction of sp³-hybridized carbons (Fsp3) is 0.333. The molecule has 1 N–H and O–H groups in total. The Morgan fingerprint density at radius 3 is 2.72 bits per heavy atom. The summed E-state index contributed by atoms with van der Waals surface area (Å²) < 4.78 is 5.94. The largest absolute Gasteiger partial charge is 0.457 e. The van der Waals surface area contributed by atoms with Crippen molar-refractivity contribution in [3.8, 4) is 0 Å². The predicted octanol–water partition coefficient (Wildman–Crippen LogP) is 2.78. The average molecular weight is 335 g/mol. The standard InChI is InChI=1S/C12H13BrClNO3/c1-7(6-15-8(2)16)18-12(17)10-4-3-9(13)5-11(10)14/h3-5,7H,6H2,1-2H3,(H,15,16). The molecule has 98 valence electrons. The van der Waals surface area contributed by atoms with Crippen molar-refractivity contribution in [2.45, 2.75) is 20.0 Å². The van der Waals surface area contributed by atoms with E-state index in [-0.39, 0.29) is 12.5 Å². The smallest absolute Gasteiger partial charge is 0.339 e. The highest BCUT2D eigenvalue weighted by molar-refractivity contribution is 9.10. The number of benzene rings is 1. The first-order chi connectivity index (χ1) is 8.40. The molecular weight excluding hydrogens is 321 g/mol. The summed E-state index contributed by atoms with van der Waals surface area (Å²) in [5.74, 6) is -0.676. The molecule has 0 spiro atoms. The van der Waals surface area contributed by atoms with E-state index in [2.05, 4.69) is 21.2 Å². The number of carbonyl (C=O) groups is 2. The van der Waals surface area contributed by atoms with Gasteiger partial charge in [-0.05, 0) is 25.1 Å². The second-order valence-electron chi connectivity index (χ2n) is 3.78. The zero-order chi connectivity index (χ0) is 13.7. The van der Waals surface area contributed by atoms with Crippen LogP contribution in [-0.2, 0) is 9.53 Å². The highest BCUT2D eigenvalue weighted by Gasteiger charge is 2.15. The minimum absolute atomic E-state index is 0.167. The Labute approximate surface area is 119 Å². The van der Waals surface area contributed by atoms with E-state index in [4.69, 9.17) is 16.3 Å². The van der Waals surface area contributed by atoms with E-state index in [9.17, 15) is 9.59 Å². The van der Waals surface area contributed by atoms with Crippen LogP contribution < -0.4 is 5.32 Å². The first kappa shape index (κ1) is 15.0. The molecule has 0 fully saturated rings. The average Bonchev–Trinajstić information content (AvgIpc) is 2.26. The second kappa shape index (κ2) is 6.75. The Morgan fingerprint density at radius 2 is 2.17 bits per heavy atom. The molecule has 4 nitrogen and oxygen atoms in total. The number of halogens is 2. The number of hydrogen-bond acceptors (Lipinski definition) is 3. The molecule has 1 unspecified atom stereocenters. The molecule has 18 heavy (non-hydrogen) atoms. The SMILES string of the molecule is CC(=O)NCC(C)OC(=O)c1ccc(Br)cc1Cl. The summed E-state index contributed by atoms with van der Waals surface area (Å²) in [7, 11) is 0. The topological polar surface area (TPSA) is 55.4 Å². The summed E-state index contributed by atoms with van der Waals surface area (Å²) in [6.45, 7) is 3.37. The van der Waals surface area contributed by atoms with Crippen molar-refractivity contribution in [1.29, 1.82) is 0 Å². The molecule has 1 aromatic carbocycles. The van der Waals surface area contributed by atoms with Crippen molar-refractivity contribution < 1.29 is 14.3 Å². The van der Waals surface area contributed by atoms with Crippen LogP contribution in [0.2, 0.25) is 5.02 Å². The van der Waals surface area contributed by atoms with E-state index in [1.807, 2.05) is 0 Å². The molecule has 0 aliphatic heterocycles. The third-order valence-electron chi connectivity index (χ3n) is 2.10. The Kier molecular flexibility index (Phi) is 5.62. The summed E-state index contributed by atoms with van der Waals surface area (Å²) in [6, 6.07) is 4.91. The Balaban J connectivity index is 2.62. The molecule has 0 aromatic heterocycles. The van der Waals surface area contributed by atoms with Crippen molar-refractivity contribution in [2.24, 2.45) is 0 Å². The van der Waals surface area contributed by atoms with Gasteiger partial charge in [-0.25, -0.2) is 4.79 Å². The molecule has 1 rings (SSSR count). The minimum atomic E-state index is -0.509. The number of hydrogen-bond donors (Lipinski definition) is 1. The van der Waals surface area contributed by atoms with Gasteiger partial charge >= 0.3 is 5.97 Å². The van der Waals surface area contributed by atoms with Gasteiger partial charge in [0.15, 0.2) is 0 Å². The van der Waals surface area contributed by atoms with Crippen LogP contribution in [0.1, 0.15) is 24.2 Å². The van der Waals surface area contributed by atoms with E-state index in [1.165, 1.54) is 6.92 Å². The van der Waals surface area contributed by atoms with Gasteiger partial charge < -0.3 is 10.1 Å². The van der Waals surface area contributed by atoms with E-state index >= 15 is 0 Å². The molecule has 1 amide bonds. The van der Waals surface area contributed by atoms with Crippen LogP contribution in [0.25, 0.3) is 0 Å². The Morgan fingerprint density at radius 1 is 1.50 bits per heavy atom. The van der Waals surface area contributed by atoms with Crippen LogP contribution in [0.15, 0.2) is 22.7 Å². The molecule has 1 atom stereocenters. The quantitative estimate of drug-likeness (QED) is 0.862. The van der Waals surface area contributed by atoms with Crippen LogP contribution in [0.5, 0.6) is 0 Å². The highest BCUT2D eigenvalue weighted by Crippen LogP contribution is 2.22. The van der Waals surface area contributed by atoms with Gasteiger partial charge in [-0.2, -0.15) is 0 Å².